The fraction of sp³-hybridized carbons (Fsp3) is 0.714. The Kier molecular flexibility index (Phi) is 3.74. The van der Waals surface area contributed by atoms with Crippen molar-refractivity contribution >= 4 is 12.7 Å². The van der Waals surface area contributed by atoms with Crippen molar-refractivity contribution in [2.75, 3.05) is 6.54 Å². The van der Waals surface area contributed by atoms with Gasteiger partial charge in [-0.1, -0.05) is 0 Å². The number of hydrogen-bond acceptors (Lipinski definition) is 3. The van der Waals surface area contributed by atoms with E-state index in [1.54, 1.807) is 20.8 Å². The van der Waals surface area contributed by atoms with Crippen molar-refractivity contribution in [2.24, 2.45) is 0 Å². The summed E-state index contributed by atoms with van der Waals surface area (Å²) in [4.78, 5) is 25.3. The minimum Gasteiger partial charge on any atom is -0.301 e. The molecule has 0 N–H and O–H groups in total. The van der Waals surface area contributed by atoms with Gasteiger partial charge >= 0.3 is 0 Å². The molecule has 0 aromatic carbocycles. The van der Waals surface area contributed by atoms with Gasteiger partial charge < -0.3 is 4.79 Å². The van der Waals surface area contributed by atoms with Gasteiger partial charge in [-0.05, 0) is 20.8 Å². The molecule has 11 heavy (non-hydrogen) atoms. The first-order chi connectivity index (χ1) is 4.99. The number of amides is 1. The summed E-state index contributed by atoms with van der Waals surface area (Å²) in [7, 11) is 0. The van der Waals surface area contributed by atoms with Gasteiger partial charge in [0.1, 0.15) is 12.8 Å². The van der Waals surface area contributed by atoms with Gasteiger partial charge in [0.25, 0.3) is 0 Å². The van der Waals surface area contributed by atoms with E-state index in [0.29, 0.717) is 12.7 Å². The number of rotatable bonds is 4. The van der Waals surface area contributed by atoms with Crippen molar-refractivity contribution in [3.8, 4) is 0 Å². The second-order valence-electron chi connectivity index (χ2n) is 3.08. The molecule has 0 aliphatic heterocycles. The first-order valence-electron chi connectivity index (χ1n) is 3.34. The van der Waals surface area contributed by atoms with E-state index in [2.05, 4.69) is 0 Å². The maximum absolute atomic E-state index is 10.2. The summed E-state index contributed by atoms with van der Waals surface area (Å²) >= 11 is 0. The van der Waals surface area contributed by atoms with Gasteiger partial charge in [0.15, 0.2) is 0 Å². The lowest BCUT2D eigenvalue weighted by Crippen LogP contribution is -2.34. The average Bonchev–Trinajstić information content (AvgIpc) is 1.84. The third kappa shape index (κ3) is 5.54. The molecule has 64 valence electrons. The lowest BCUT2D eigenvalue weighted by molar-refractivity contribution is -0.213. The van der Waals surface area contributed by atoms with E-state index >= 15 is 0 Å². The highest BCUT2D eigenvalue weighted by molar-refractivity contribution is 5.58. The molecule has 0 atom stereocenters. The third-order valence-corrected chi connectivity index (χ3v) is 0.763. The summed E-state index contributed by atoms with van der Waals surface area (Å²) in [5.41, 5.74) is -0.441. The first-order valence-corrected chi connectivity index (χ1v) is 3.34. The topological polar surface area (TPSA) is 46.6 Å². The quantitative estimate of drug-likeness (QED) is 0.440. The molecule has 1 amide bonds. The smallest absolute Gasteiger partial charge is 0.233 e. The fourth-order valence-electron chi connectivity index (χ4n) is 0.527. The summed E-state index contributed by atoms with van der Waals surface area (Å²) in [6, 6.07) is 0. The minimum absolute atomic E-state index is 0.0270. The van der Waals surface area contributed by atoms with Crippen LogP contribution in [0, 0.1) is 0 Å². The average molecular weight is 159 g/mol. The van der Waals surface area contributed by atoms with Gasteiger partial charge in [-0.15, -0.1) is 0 Å². The molecule has 0 bridgehead atoms. The van der Waals surface area contributed by atoms with Crippen LogP contribution in [-0.4, -0.2) is 29.9 Å². The SMILES string of the molecule is CC(C)(C)ON(C=O)CC=O. The van der Waals surface area contributed by atoms with Crippen LogP contribution in [0.5, 0.6) is 0 Å². The van der Waals surface area contributed by atoms with E-state index in [4.69, 9.17) is 4.84 Å². The molecule has 4 heteroatoms. The summed E-state index contributed by atoms with van der Waals surface area (Å²) in [5, 5.41) is 0.965. The van der Waals surface area contributed by atoms with Gasteiger partial charge in [-0.2, -0.15) is 0 Å². The van der Waals surface area contributed by atoms with Crippen LogP contribution in [0.15, 0.2) is 0 Å². The normalized spacial score (nSPS) is 10.8. The number of hydroxylamine groups is 2. The van der Waals surface area contributed by atoms with Crippen LogP contribution >= 0.6 is 0 Å². The van der Waals surface area contributed by atoms with E-state index in [-0.39, 0.29) is 6.54 Å². The summed E-state index contributed by atoms with van der Waals surface area (Å²) in [6.45, 7) is 5.37. The maximum Gasteiger partial charge on any atom is 0.233 e. The van der Waals surface area contributed by atoms with Crippen molar-refractivity contribution in [3.63, 3.8) is 0 Å². The van der Waals surface area contributed by atoms with Crippen LogP contribution in [0.2, 0.25) is 0 Å². The highest BCUT2D eigenvalue weighted by atomic mass is 16.7. The number of carbonyl (C=O) groups is 2. The maximum atomic E-state index is 10.2. The molecule has 4 nitrogen and oxygen atoms in total. The monoisotopic (exact) mass is 159 g/mol. The predicted octanol–water partition coefficient (Wildman–Crippen LogP) is 0.374. The van der Waals surface area contributed by atoms with Crippen molar-refractivity contribution < 1.29 is 14.4 Å². The van der Waals surface area contributed by atoms with Gasteiger partial charge in [-0.25, -0.2) is 5.06 Å². The number of aldehydes is 1. The Hall–Kier alpha value is -0.900. The van der Waals surface area contributed by atoms with E-state index in [1.807, 2.05) is 0 Å². The first kappa shape index (κ1) is 10.1. The lowest BCUT2D eigenvalue weighted by atomic mass is 10.2. The highest BCUT2D eigenvalue weighted by Gasteiger charge is 2.15. The van der Waals surface area contributed by atoms with Crippen molar-refractivity contribution in [2.45, 2.75) is 26.4 Å². The van der Waals surface area contributed by atoms with Crippen LogP contribution in [-0.2, 0) is 14.4 Å². The number of nitrogens with zero attached hydrogens (tertiary/aromatic N) is 1. The summed E-state index contributed by atoms with van der Waals surface area (Å²) < 4.78 is 0. The van der Waals surface area contributed by atoms with Gasteiger partial charge in [0.05, 0.1) is 5.60 Å². The van der Waals surface area contributed by atoms with Gasteiger partial charge in [0, 0.05) is 0 Å². The molecular formula is C7H13NO3. The van der Waals surface area contributed by atoms with Crippen molar-refractivity contribution in [3.05, 3.63) is 0 Å². The van der Waals surface area contributed by atoms with Crippen molar-refractivity contribution in [1.29, 1.82) is 0 Å². The zero-order valence-electron chi connectivity index (χ0n) is 7.03. The standard InChI is InChI=1S/C7H13NO3/c1-7(2,3)11-8(6-10)4-5-9/h5-6H,4H2,1-3H3. The van der Waals surface area contributed by atoms with Crippen LogP contribution < -0.4 is 0 Å². The Morgan fingerprint density at radius 1 is 1.36 bits per heavy atom. The Bertz CT molecular complexity index is 139. The molecule has 0 rings (SSSR count). The van der Waals surface area contributed by atoms with Crippen LogP contribution in [0.4, 0.5) is 0 Å². The summed E-state index contributed by atoms with van der Waals surface area (Å²) in [6.07, 6.45) is 1.10. The zero-order chi connectivity index (χ0) is 8.91. The number of hydrogen-bond donors (Lipinski definition) is 0. The minimum atomic E-state index is -0.441. The molecule has 0 spiro atoms. The molecule has 0 aliphatic carbocycles. The van der Waals surface area contributed by atoms with Gasteiger partial charge in [-0.3, -0.25) is 9.63 Å². The Morgan fingerprint density at radius 2 is 1.91 bits per heavy atom. The van der Waals surface area contributed by atoms with E-state index in [9.17, 15) is 9.59 Å². The third-order valence-electron chi connectivity index (χ3n) is 0.763. The van der Waals surface area contributed by atoms with E-state index in [1.165, 1.54) is 0 Å². The predicted molar refractivity (Wildman–Crippen MR) is 39.7 cm³/mol. The second kappa shape index (κ2) is 4.08. The van der Waals surface area contributed by atoms with Gasteiger partial charge in [0.2, 0.25) is 6.41 Å². The summed E-state index contributed by atoms with van der Waals surface area (Å²) in [5.74, 6) is 0. The Labute approximate surface area is 66.1 Å². The molecule has 0 heterocycles. The number of carbonyl (C=O) groups excluding carboxylic acids is 2. The Morgan fingerprint density at radius 3 is 2.18 bits per heavy atom. The fourth-order valence-corrected chi connectivity index (χ4v) is 0.527. The highest BCUT2D eigenvalue weighted by Crippen LogP contribution is 2.07. The molecule has 0 radical (unpaired) electrons. The molecule has 0 saturated heterocycles. The zero-order valence-corrected chi connectivity index (χ0v) is 7.03. The molecule has 0 saturated carbocycles. The molecule has 0 aliphatic rings. The van der Waals surface area contributed by atoms with E-state index < -0.39 is 5.60 Å². The largest absolute Gasteiger partial charge is 0.301 e. The van der Waals surface area contributed by atoms with Crippen LogP contribution in [0.1, 0.15) is 20.8 Å². The molecule has 0 fully saturated rings. The molecular weight excluding hydrogens is 146 g/mol. The van der Waals surface area contributed by atoms with Crippen LogP contribution in [0.25, 0.3) is 0 Å². The van der Waals surface area contributed by atoms with Crippen LogP contribution in [0.3, 0.4) is 0 Å². The molecule has 0 aromatic heterocycles. The second-order valence-corrected chi connectivity index (χ2v) is 3.08. The Balaban J connectivity index is 3.87. The molecule has 0 unspecified atom stereocenters. The lowest BCUT2D eigenvalue weighted by Gasteiger charge is -2.24. The van der Waals surface area contributed by atoms with E-state index in [0.717, 1.165) is 5.06 Å². The molecule has 0 aromatic rings. The van der Waals surface area contributed by atoms with Crippen molar-refractivity contribution in [1.82, 2.24) is 5.06 Å².